The largest absolute Gasteiger partial charge is 0.452 e. The van der Waals surface area contributed by atoms with Crippen molar-refractivity contribution in [2.75, 3.05) is 5.32 Å². The van der Waals surface area contributed by atoms with Gasteiger partial charge < -0.3 is 10.1 Å². The highest BCUT2D eigenvalue weighted by molar-refractivity contribution is 5.95. The number of halogens is 1. The third-order valence-electron chi connectivity index (χ3n) is 2.98. The molecule has 1 aliphatic carbocycles. The molecule has 1 N–H and O–H groups in total. The van der Waals surface area contributed by atoms with Gasteiger partial charge in [-0.25, -0.2) is 0 Å². The van der Waals surface area contributed by atoms with Crippen molar-refractivity contribution in [2.45, 2.75) is 25.9 Å². The molecule has 1 amide bonds. The van der Waals surface area contributed by atoms with Gasteiger partial charge in [-0.15, -0.1) is 0 Å². The van der Waals surface area contributed by atoms with Crippen LogP contribution < -0.4 is 5.32 Å². The van der Waals surface area contributed by atoms with Crippen molar-refractivity contribution in [2.24, 2.45) is 5.92 Å². The Balaban J connectivity index is 1.99. The summed E-state index contributed by atoms with van der Waals surface area (Å²) in [4.78, 5) is 32.9. The minimum absolute atomic E-state index is 0.0578. The molecule has 0 spiro atoms. The molecule has 0 heterocycles. The first kappa shape index (κ1) is 14.9. The van der Waals surface area contributed by atoms with Crippen molar-refractivity contribution in [3.63, 3.8) is 0 Å². The Bertz CT molecular complexity index is 600. The van der Waals surface area contributed by atoms with Crippen LogP contribution in [0.15, 0.2) is 18.2 Å². The van der Waals surface area contributed by atoms with E-state index >= 15 is 0 Å². The lowest BCUT2D eigenvalue weighted by Gasteiger charge is -2.13. The van der Waals surface area contributed by atoms with Crippen LogP contribution in [-0.2, 0) is 14.3 Å². The number of nitrogens with one attached hydrogen (secondary N) is 1. The van der Waals surface area contributed by atoms with Gasteiger partial charge in [0.05, 0.1) is 10.8 Å². The molecular weight excluding hydrogens is 283 g/mol. The van der Waals surface area contributed by atoms with Gasteiger partial charge in [-0.3, -0.25) is 19.7 Å². The number of amides is 1. The second-order valence-corrected chi connectivity index (χ2v) is 4.77. The van der Waals surface area contributed by atoms with Crippen molar-refractivity contribution < 1.29 is 23.6 Å². The molecule has 7 nitrogen and oxygen atoms in total. The average molecular weight is 296 g/mol. The van der Waals surface area contributed by atoms with Gasteiger partial charge in [-0.1, -0.05) is 0 Å². The predicted molar refractivity (Wildman–Crippen MR) is 70.0 cm³/mol. The van der Waals surface area contributed by atoms with Gasteiger partial charge in [0.1, 0.15) is 0 Å². The molecule has 21 heavy (non-hydrogen) atoms. The van der Waals surface area contributed by atoms with E-state index in [0.29, 0.717) is 0 Å². The Hall–Kier alpha value is -2.51. The molecule has 1 saturated carbocycles. The summed E-state index contributed by atoms with van der Waals surface area (Å²) in [6.07, 6.45) is 0.497. The van der Waals surface area contributed by atoms with E-state index in [1.54, 1.807) is 0 Å². The lowest BCUT2D eigenvalue weighted by atomic mass is 10.2. The molecule has 1 aromatic carbocycles. The van der Waals surface area contributed by atoms with Crippen molar-refractivity contribution in [1.29, 1.82) is 0 Å². The number of anilines is 1. The summed E-state index contributed by atoms with van der Waals surface area (Å²) in [6.45, 7) is 1.40. The second kappa shape index (κ2) is 5.86. The van der Waals surface area contributed by atoms with Crippen LogP contribution in [0.2, 0.25) is 0 Å². The smallest absolute Gasteiger partial charge is 0.309 e. The van der Waals surface area contributed by atoms with E-state index in [0.717, 1.165) is 25.0 Å². The van der Waals surface area contributed by atoms with E-state index in [4.69, 9.17) is 4.74 Å². The zero-order chi connectivity index (χ0) is 15.6. The van der Waals surface area contributed by atoms with E-state index in [1.807, 2.05) is 0 Å². The van der Waals surface area contributed by atoms with Crippen LogP contribution in [0, 0.1) is 21.8 Å². The number of nitro benzene ring substituents is 1. The van der Waals surface area contributed by atoms with E-state index in [1.165, 1.54) is 13.0 Å². The molecule has 2 rings (SSSR count). The van der Waals surface area contributed by atoms with E-state index < -0.39 is 34.4 Å². The van der Waals surface area contributed by atoms with E-state index in [9.17, 15) is 24.1 Å². The van der Waals surface area contributed by atoms with Gasteiger partial charge >= 0.3 is 11.7 Å². The topological polar surface area (TPSA) is 98.5 Å². The molecule has 1 aliphatic rings. The number of hydrogen-bond donors (Lipinski definition) is 1. The molecule has 0 aromatic heterocycles. The second-order valence-electron chi connectivity index (χ2n) is 4.77. The summed E-state index contributed by atoms with van der Waals surface area (Å²) in [7, 11) is 0. The SMILES string of the molecule is C[C@@H](OC(=O)C1CC1)C(=O)Nc1ccc(F)c([N+](=O)[O-])c1. The first-order chi connectivity index (χ1) is 9.88. The number of nitrogens with zero attached hydrogens (tertiary/aromatic N) is 1. The summed E-state index contributed by atoms with van der Waals surface area (Å²) in [5.41, 5.74) is -0.683. The first-order valence-electron chi connectivity index (χ1n) is 6.34. The van der Waals surface area contributed by atoms with Crippen LogP contribution in [-0.4, -0.2) is 22.9 Å². The van der Waals surface area contributed by atoms with E-state index in [2.05, 4.69) is 5.32 Å². The third kappa shape index (κ3) is 3.74. The van der Waals surface area contributed by atoms with Crippen molar-refractivity contribution >= 4 is 23.3 Å². The zero-order valence-electron chi connectivity index (χ0n) is 11.2. The van der Waals surface area contributed by atoms with Crippen LogP contribution in [0.4, 0.5) is 15.8 Å². The Morgan fingerprint density at radius 1 is 1.48 bits per heavy atom. The maximum Gasteiger partial charge on any atom is 0.309 e. The minimum atomic E-state index is -1.03. The third-order valence-corrected chi connectivity index (χ3v) is 2.98. The van der Waals surface area contributed by atoms with Gasteiger partial charge in [0.2, 0.25) is 5.82 Å². The standard InChI is InChI=1S/C13H13FN2O5/c1-7(21-13(18)8-2-3-8)12(17)15-9-4-5-10(14)11(6-9)16(19)20/h4-8H,2-3H2,1H3,(H,15,17)/t7-/m1/s1. The Morgan fingerprint density at radius 2 is 2.14 bits per heavy atom. The highest BCUT2D eigenvalue weighted by Crippen LogP contribution is 2.30. The number of ether oxygens (including phenoxy) is 1. The maximum atomic E-state index is 13.2. The number of benzene rings is 1. The molecule has 0 radical (unpaired) electrons. The van der Waals surface area contributed by atoms with Crippen LogP contribution in [0.5, 0.6) is 0 Å². The first-order valence-corrected chi connectivity index (χ1v) is 6.34. The number of hydrogen-bond acceptors (Lipinski definition) is 5. The summed E-state index contributed by atoms with van der Waals surface area (Å²) < 4.78 is 18.1. The highest BCUT2D eigenvalue weighted by atomic mass is 19.1. The quantitative estimate of drug-likeness (QED) is 0.509. The Kier molecular flexibility index (Phi) is 4.15. The van der Waals surface area contributed by atoms with Gasteiger partial charge in [-0.05, 0) is 31.9 Å². The molecule has 0 bridgehead atoms. The Labute approximate surface area is 119 Å². The molecule has 1 atom stereocenters. The number of nitro groups is 1. The zero-order valence-corrected chi connectivity index (χ0v) is 11.2. The van der Waals surface area contributed by atoms with Crippen LogP contribution in [0.1, 0.15) is 19.8 Å². The molecule has 1 aromatic rings. The Morgan fingerprint density at radius 3 is 2.71 bits per heavy atom. The summed E-state index contributed by atoms with van der Waals surface area (Å²) in [5.74, 6) is -2.19. The fourth-order valence-corrected chi connectivity index (χ4v) is 1.62. The molecule has 0 unspecified atom stereocenters. The monoisotopic (exact) mass is 296 g/mol. The molecule has 8 heteroatoms. The summed E-state index contributed by atoms with van der Waals surface area (Å²) in [6, 6.07) is 2.98. The molecule has 112 valence electrons. The van der Waals surface area contributed by atoms with Crippen LogP contribution >= 0.6 is 0 Å². The molecular formula is C13H13FN2O5. The maximum absolute atomic E-state index is 13.2. The fourth-order valence-electron chi connectivity index (χ4n) is 1.62. The summed E-state index contributed by atoms with van der Waals surface area (Å²) in [5, 5.41) is 12.9. The number of carbonyl (C=O) groups excluding carboxylic acids is 2. The van der Waals surface area contributed by atoms with Crippen molar-refractivity contribution in [3.05, 3.63) is 34.1 Å². The van der Waals surface area contributed by atoms with Crippen molar-refractivity contribution in [3.8, 4) is 0 Å². The van der Waals surface area contributed by atoms with Crippen LogP contribution in [0.25, 0.3) is 0 Å². The van der Waals surface area contributed by atoms with Crippen molar-refractivity contribution in [1.82, 2.24) is 0 Å². The van der Waals surface area contributed by atoms with Gasteiger partial charge in [0.25, 0.3) is 5.91 Å². The predicted octanol–water partition coefficient (Wildman–Crippen LogP) is 2.01. The molecule has 0 aliphatic heterocycles. The lowest BCUT2D eigenvalue weighted by Crippen LogP contribution is -2.30. The summed E-state index contributed by atoms with van der Waals surface area (Å²) >= 11 is 0. The van der Waals surface area contributed by atoms with Gasteiger partial charge in [-0.2, -0.15) is 4.39 Å². The lowest BCUT2D eigenvalue weighted by molar-refractivity contribution is -0.387. The number of rotatable bonds is 5. The fraction of sp³-hybridized carbons (Fsp3) is 0.385. The number of esters is 1. The van der Waals surface area contributed by atoms with Gasteiger partial charge in [0, 0.05) is 11.8 Å². The number of carbonyl (C=O) groups is 2. The molecule has 1 fully saturated rings. The normalized spacial score (nSPS) is 15.1. The highest BCUT2D eigenvalue weighted by Gasteiger charge is 2.33. The van der Waals surface area contributed by atoms with E-state index in [-0.39, 0.29) is 11.6 Å². The van der Waals surface area contributed by atoms with Crippen LogP contribution in [0.3, 0.4) is 0 Å². The average Bonchev–Trinajstić information content (AvgIpc) is 3.24. The minimum Gasteiger partial charge on any atom is -0.452 e. The molecule has 0 saturated heterocycles. The van der Waals surface area contributed by atoms with Gasteiger partial charge in [0.15, 0.2) is 6.10 Å².